The van der Waals surface area contributed by atoms with Crippen molar-refractivity contribution in [3.63, 3.8) is 0 Å². The second kappa shape index (κ2) is 8.41. The number of carbonyl (C=O) groups excluding carboxylic acids is 2. The minimum atomic E-state index is -0.182. The summed E-state index contributed by atoms with van der Waals surface area (Å²) in [4.78, 5) is 26.5. The van der Waals surface area contributed by atoms with Crippen molar-refractivity contribution in [2.75, 3.05) is 5.32 Å². The lowest BCUT2D eigenvalue weighted by molar-refractivity contribution is 0.0950. The highest BCUT2D eigenvalue weighted by molar-refractivity contribution is 7.20. The highest BCUT2D eigenvalue weighted by atomic mass is 35.5. The van der Waals surface area contributed by atoms with Crippen molar-refractivity contribution < 1.29 is 9.59 Å². The molecule has 5 rings (SSSR count). The van der Waals surface area contributed by atoms with Gasteiger partial charge in [-0.2, -0.15) is 5.10 Å². The van der Waals surface area contributed by atoms with Crippen LogP contribution in [0.4, 0.5) is 5.69 Å². The number of nitrogens with zero attached hydrogens (tertiary/aromatic N) is 2. The first kappa shape index (κ1) is 20.7. The molecular formula is C24H21ClN4O2S. The normalized spacial score (nSPS) is 13.3. The fraction of sp³-hybridized carbons (Fsp3) is 0.208. The summed E-state index contributed by atoms with van der Waals surface area (Å²) in [5.41, 5.74) is 3.21. The SMILES string of the molecule is Cc1nn(Cc2ccc(Cl)cc2)c2sc(C(=O)Nc3ccc(C(=O)NC4CC4)cc3)cc12. The highest BCUT2D eigenvalue weighted by Crippen LogP contribution is 2.29. The number of benzene rings is 2. The van der Waals surface area contributed by atoms with Crippen LogP contribution in [0.3, 0.4) is 0 Å². The quantitative estimate of drug-likeness (QED) is 0.409. The summed E-state index contributed by atoms with van der Waals surface area (Å²) >= 11 is 7.39. The number of nitrogens with one attached hydrogen (secondary N) is 2. The van der Waals surface area contributed by atoms with E-state index in [-0.39, 0.29) is 11.8 Å². The van der Waals surface area contributed by atoms with Gasteiger partial charge in [-0.05, 0) is 67.8 Å². The number of halogens is 1. The summed E-state index contributed by atoms with van der Waals surface area (Å²) in [5, 5.41) is 12.2. The minimum absolute atomic E-state index is 0.0735. The molecule has 0 bridgehead atoms. The molecule has 0 saturated heterocycles. The molecule has 0 unspecified atom stereocenters. The van der Waals surface area contributed by atoms with E-state index in [4.69, 9.17) is 11.6 Å². The van der Waals surface area contributed by atoms with Gasteiger partial charge in [0.2, 0.25) is 0 Å². The predicted octanol–water partition coefficient (Wildman–Crippen LogP) is 5.25. The van der Waals surface area contributed by atoms with Gasteiger partial charge in [-0.25, -0.2) is 0 Å². The fourth-order valence-electron chi connectivity index (χ4n) is 3.49. The second-order valence-corrected chi connectivity index (χ2v) is 9.45. The first-order valence-electron chi connectivity index (χ1n) is 10.4. The molecule has 162 valence electrons. The number of amides is 2. The standard InChI is InChI=1S/C24H21ClN4O2S/c1-14-20-12-21(32-24(20)29(28-14)13-15-2-6-17(25)7-3-15)23(31)27-18-8-4-16(5-9-18)22(30)26-19-10-11-19/h2-9,12,19H,10-11,13H2,1H3,(H,26,30)(H,27,31). The van der Waals surface area contributed by atoms with E-state index in [0.717, 1.165) is 34.3 Å². The first-order valence-corrected chi connectivity index (χ1v) is 11.6. The largest absolute Gasteiger partial charge is 0.349 e. The Hall–Kier alpha value is -3.16. The number of rotatable bonds is 6. The number of fused-ring (bicyclic) bond motifs is 1. The average molecular weight is 465 g/mol. The zero-order valence-corrected chi connectivity index (χ0v) is 19.0. The van der Waals surface area contributed by atoms with Crippen LogP contribution in [0.1, 0.15) is 44.1 Å². The molecule has 2 N–H and O–H groups in total. The molecule has 0 aliphatic heterocycles. The van der Waals surface area contributed by atoms with Gasteiger partial charge in [0, 0.05) is 27.7 Å². The van der Waals surface area contributed by atoms with Gasteiger partial charge in [0.15, 0.2) is 0 Å². The molecule has 2 aromatic heterocycles. The average Bonchev–Trinajstić information content (AvgIpc) is 3.39. The molecule has 32 heavy (non-hydrogen) atoms. The van der Waals surface area contributed by atoms with Crippen LogP contribution in [0.15, 0.2) is 54.6 Å². The van der Waals surface area contributed by atoms with Crippen molar-refractivity contribution in [2.24, 2.45) is 0 Å². The Kier molecular flexibility index (Phi) is 5.45. The first-order chi connectivity index (χ1) is 15.5. The van der Waals surface area contributed by atoms with Crippen molar-refractivity contribution in [2.45, 2.75) is 32.4 Å². The van der Waals surface area contributed by atoms with E-state index >= 15 is 0 Å². The van der Waals surface area contributed by atoms with E-state index < -0.39 is 0 Å². The topological polar surface area (TPSA) is 76.0 Å². The number of hydrogen-bond donors (Lipinski definition) is 2. The predicted molar refractivity (Wildman–Crippen MR) is 128 cm³/mol. The molecule has 8 heteroatoms. The molecule has 0 spiro atoms. The molecule has 2 aromatic carbocycles. The molecule has 0 atom stereocenters. The third-order valence-electron chi connectivity index (χ3n) is 5.39. The monoisotopic (exact) mass is 464 g/mol. The van der Waals surface area contributed by atoms with Crippen LogP contribution < -0.4 is 10.6 Å². The number of aryl methyl sites for hydroxylation is 1. The van der Waals surface area contributed by atoms with Gasteiger partial charge in [0.05, 0.1) is 17.1 Å². The minimum Gasteiger partial charge on any atom is -0.349 e. The number of thiophene rings is 1. The van der Waals surface area contributed by atoms with Crippen LogP contribution in [-0.4, -0.2) is 27.6 Å². The summed E-state index contributed by atoms with van der Waals surface area (Å²) in [7, 11) is 0. The van der Waals surface area contributed by atoms with Crippen LogP contribution in [0.2, 0.25) is 5.02 Å². The van der Waals surface area contributed by atoms with Crippen LogP contribution in [0.5, 0.6) is 0 Å². The molecule has 0 radical (unpaired) electrons. The Balaban J connectivity index is 1.31. The Morgan fingerprint density at radius 3 is 2.50 bits per heavy atom. The summed E-state index contributed by atoms with van der Waals surface area (Å²) in [6.45, 7) is 2.55. The van der Waals surface area contributed by atoms with E-state index in [0.29, 0.717) is 33.7 Å². The molecular weight excluding hydrogens is 444 g/mol. The van der Waals surface area contributed by atoms with E-state index in [1.54, 1.807) is 24.3 Å². The third-order valence-corrected chi connectivity index (χ3v) is 6.79. The molecule has 1 saturated carbocycles. The van der Waals surface area contributed by atoms with Gasteiger partial charge in [0.25, 0.3) is 11.8 Å². The highest BCUT2D eigenvalue weighted by Gasteiger charge is 2.23. The Labute approximate surface area is 194 Å². The van der Waals surface area contributed by atoms with Crippen LogP contribution in [0, 0.1) is 6.92 Å². The Bertz CT molecular complexity index is 1300. The molecule has 1 aliphatic carbocycles. The van der Waals surface area contributed by atoms with Crippen molar-refractivity contribution in [3.8, 4) is 0 Å². The maximum Gasteiger partial charge on any atom is 0.265 e. The molecule has 4 aromatic rings. The number of carbonyl (C=O) groups is 2. The third kappa shape index (κ3) is 4.40. The van der Waals surface area contributed by atoms with E-state index in [2.05, 4.69) is 15.7 Å². The molecule has 1 aliphatic rings. The van der Waals surface area contributed by atoms with E-state index in [1.165, 1.54) is 11.3 Å². The number of anilines is 1. The summed E-state index contributed by atoms with van der Waals surface area (Å²) in [5.74, 6) is -0.255. The second-order valence-electron chi connectivity index (χ2n) is 7.98. The molecule has 6 nitrogen and oxygen atoms in total. The van der Waals surface area contributed by atoms with Gasteiger partial charge in [-0.3, -0.25) is 14.3 Å². The molecule has 2 heterocycles. The molecule has 1 fully saturated rings. The maximum absolute atomic E-state index is 12.8. The van der Waals surface area contributed by atoms with Crippen molar-refractivity contribution in [1.82, 2.24) is 15.1 Å². The van der Waals surface area contributed by atoms with Gasteiger partial charge >= 0.3 is 0 Å². The Morgan fingerprint density at radius 1 is 1.09 bits per heavy atom. The molecule has 2 amide bonds. The van der Waals surface area contributed by atoms with Crippen molar-refractivity contribution >= 4 is 50.7 Å². The van der Waals surface area contributed by atoms with Crippen molar-refractivity contribution in [3.05, 3.63) is 81.3 Å². The van der Waals surface area contributed by atoms with Gasteiger partial charge in [-0.1, -0.05) is 23.7 Å². The number of aromatic nitrogens is 2. The lowest BCUT2D eigenvalue weighted by Crippen LogP contribution is -2.25. The van der Waals surface area contributed by atoms with Crippen molar-refractivity contribution in [1.29, 1.82) is 0 Å². The Morgan fingerprint density at radius 2 is 1.81 bits per heavy atom. The summed E-state index contributed by atoms with van der Waals surface area (Å²) in [6, 6.07) is 16.8. The lowest BCUT2D eigenvalue weighted by Gasteiger charge is -2.06. The zero-order chi connectivity index (χ0) is 22.2. The lowest BCUT2D eigenvalue weighted by atomic mass is 10.2. The smallest absolute Gasteiger partial charge is 0.265 e. The maximum atomic E-state index is 12.8. The van der Waals surface area contributed by atoms with Crippen LogP contribution >= 0.6 is 22.9 Å². The summed E-state index contributed by atoms with van der Waals surface area (Å²) < 4.78 is 1.92. The van der Waals surface area contributed by atoms with Gasteiger partial charge in [-0.15, -0.1) is 11.3 Å². The van der Waals surface area contributed by atoms with Crippen LogP contribution in [-0.2, 0) is 6.54 Å². The van der Waals surface area contributed by atoms with Gasteiger partial charge in [0.1, 0.15) is 4.83 Å². The number of hydrogen-bond acceptors (Lipinski definition) is 4. The zero-order valence-electron chi connectivity index (χ0n) is 17.4. The van der Waals surface area contributed by atoms with E-state index in [9.17, 15) is 9.59 Å². The van der Waals surface area contributed by atoms with Gasteiger partial charge < -0.3 is 10.6 Å². The summed E-state index contributed by atoms with van der Waals surface area (Å²) in [6.07, 6.45) is 2.10. The fourth-order valence-corrected chi connectivity index (χ4v) is 4.67. The van der Waals surface area contributed by atoms with Crippen LogP contribution in [0.25, 0.3) is 10.2 Å². The van der Waals surface area contributed by atoms with E-state index in [1.807, 2.05) is 41.9 Å².